The Morgan fingerprint density at radius 2 is 2.11 bits per heavy atom. The Balaban J connectivity index is 1.87. The van der Waals surface area contributed by atoms with Crippen LogP contribution in [-0.2, 0) is 4.79 Å². The summed E-state index contributed by atoms with van der Waals surface area (Å²) in [5.74, 6) is -1.69. The molecule has 0 aliphatic heterocycles. The molecule has 2 amide bonds. The average Bonchev–Trinajstić information content (AvgIpc) is 2.89. The van der Waals surface area contributed by atoms with Gasteiger partial charge in [0.1, 0.15) is 5.82 Å². The predicted octanol–water partition coefficient (Wildman–Crippen LogP) is 0.917. The van der Waals surface area contributed by atoms with Crippen LogP contribution in [-0.4, -0.2) is 28.6 Å². The molecule has 2 aromatic rings. The molecule has 0 bridgehead atoms. The van der Waals surface area contributed by atoms with Gasteiger partial charge in [0, 0.05) is 6.20 Å². The minimum absolute atomic E-state index is 0.0985. The second-order valence-corrected chi connectivity index (χ2v) is 3.70. The van der Waals surface area contributed by atoms with Crippen molar-refractivity contribution in [3.63, 3.8) is 0 Å². The zero-order valence-corrected chi connectivity index (χ0v) is 9.81. The summed E-state index contributed by atoms with van der Waals surface area (Å²) in [4.78, 5) is 23.1. The van der Waals surface area contributed by atoms with E-state index in [1.807, 2.05) is 0 Å². The first-order valence-electron chi connectivity index (χ1n) is 5.48. The molecule has 98 valence electrons. The molecular formula is C12H11FN4O2. The Labute approximate surface area is 108 Å². The largest absolute Gasteiger partial charge is 0.343 e. The number of aromatic amines is 1. The van der Waals surface area contributed by atoms with E-state index < -0.39 is 17.6 Å². The molecule has 0 spiro atoms. The number of nitrogens with one attached hydrogen (secondary N) is 3. The maximum absolute atomic E-state index is 13.3. The lowest BCUT2D eigenvalue weighted by atomic mass is 10.2. The molecule has 0 aliphatic carbocycles. The first-order chi connectivity index (χ1) is 9.16. The first-order valence-corrected chi connectivity index (χ1v) is 5.48. The molecule has 19 heavy (non-hydrogen) atoms. The molecule has 0 saturated carbocycles. The van der Waals surface area contributed by atoms with Crippen LogP contribution in [0.3, 0.4) is 0 Å². The predicted molar refractivity (Wildman–Crippen MR) is 66.0 cm³/mol. The molecule has 7 heteroatoms. The number of hydrogen-bond donors (Lipinski definition) is 3. The summed E-state index contributed by atoms with van der Waals surface area (Å²) in [6, 6.07) is 5.56. The highest BCUT2D eigenvalue weighted by Crippen LogP contribution is 2.05. The summed E-state index contributed by atoms with van der Waals surface area (Å²) in [7, 11) is 0. The molecule has 1 aromatic heterocycles. The Hall–Kier alpha value is -2.70. The second kappa shape index (κ2) is 5.76. The van der Waals surface area contributed by atoms with Crippen LogP contribution in [0.1, 0.15) is 10.4 Å². The van der Waals surface area contributed by atoms with Gasteiger partial charge < -0.3 is 10.6 Å². The fraction of sp³-hybridized carbons (Fsp3) is 0.0833. The third kappa shape index (κ3) is 3.38. The van der Waals surface area contributed by atoms with E-state index in [9.17, 15) is 14.0 Å². The van der Waals surface area contributed by atoms with Crippen LogP contribution >= 0.6 is 0 Å². The van der Waals surface area contributed by atoms with Gasteiger partial charge in [0.15, 0.2) is 0 Å². The summed E-state index contributed by atoms with van der Waals surface area (Å²) < 4.78 is 13.3. The van der Waals surface area contributed by atoms with E-state index >= 15 is 0 Å². The van der Waals surface area contributed by atoms with Crippen LogP contribution in [0.25, 0.3) is 0 Å². The zero-order valence-electron chi connectivity index (χ0n) is 9.81. The molecule has 0 atom stereocenters. The van der Waals surface area contributed by atoms with Crippen LogP contribution in [0.4, 0.5) is 10.1 Å². The van der Waals surface area contributed by atoms with Crippen LogP contribution in [0.5, 0.6) is 0 Å². The van der Waals surface area contributed by atoms with Crippen molar-refractivity contribution < 1.29 is 14.0 Å². The molecule has 1 aromatic carbocycles. The Morgan fingerprint density at radius 1 is 1.32 bits per heavy atom. The lowest BCUT2D eigenvalue weighted by molar-refractivity contribution is -0.115. The zero-order chi connectivity index (χ0) is 13.7. The van der Waals surface area contributed by atoms with Crippen molar-refractivity contribution in [1.29, 1.82) is 0 Å². The topological polar surface area (TPSA) is 86.9 Å². The fourth-order valence-corrected chi connectivity index (χ4v) is 1.43. The number of anilines is 1. The van der Waals surface area contributed by atoms with Gasteiger partial charge in [-0.15, -0.1) is 0 Å². The van der Waals surface area contributed by atoms with Crippen molar-refractivity contribution >= 4 is 17.5 Å². The molecule has 0 unspecified atom stereocenters. The summed E-state index contributed by atoms with van der Waals surface area (Å²) in [6.45, 7) is -0.252. The number of hydrogen-bond acceptors (Lipinski definition) is 3. The summed E-state index contributed by atoms with van der Waals surface area (Å²) in [6.07, 6.45) is 2.92. The van der Waals surface area contributed by atoms with Gasteiger partial charge >= 0.3 is 0 Å². The smallest absolute Gasteiger partial charge is 0.254 e. The number of benzene rings is 1. The van der Waals surface area contributed by atoms with Crippen molar-refractivity contribution in [3.8, 4) is 0 Å². The van der Waals surface area contributed by atoms with Crippen molar-refractivity contribution in [2.24, 2.45) is 0 Å². The van der Waals surface area contributed by atoms with Gasteiger partial charge in [-0.1, -0.05) is 12.1 Å². The lowest BCUT2D eigenvalue weighted by Crippen LogP contribution is -2.33. The van der Waals surface area contributed by atoms with Crippen molar-refractivity contribution in [3.05, 3.63) is 48.0 Å². The van der Waals surface area contributed by atoms with Crippen LogP contribution in [0, 0.1) is 5.82 Å². The number of carbonyl (C=O) groups excluding carboxylic acids is 2. The lowest BCUT2D eigenvalue weighted by Gasteiger charge is -2.06. The molecular weight excluding hydrogens is 251 g/mol. The molecule has 3 N–H and O–H groups in total. The van der Waals surface area contributed by atoms with Gasteiger partial charge in [0.05, 0.1) is 24.0 Å². The molecule has 0 fully saturated rings. The van der Waals surface area contributed by atoms with Crippen molar-refractivity contribution in [2.75, 3.05) is 11.9 Å². The van der Waals surface area contributed by atoms with E-state index in [1.165, 1.54) is 30.6 Å². The van der Waals surface area contributed by atoms with E-state index in [0.29, 0.717) is 5.69 Å². The maximum Gasteiger partial charge on any atom is 0.254 e. The van der Waals surface area contributed by atoms with E-state index in [2.05, 4.69) is 20.8 Å². The summed E-state index contributed by atoms with van der Waals surface area (Å²) in [5.41, 5.74) is 0.392. The first kappa shape index (κ1) is 12.7. The number of nitrogens with zero attached hydrogens (tertiary/aromatic N) is 1. The van der Waals surface area contributed by atoms with Gasteiger partial charge in [-0.25, -0.2) is 4.39 Å². The van der Waals surface area contributed by atoms with Gasteiger partial charge in [-0.3, -0.25) is 14.7 Å². The van der Waals surface area contributed by atoms with Crippen molar-refractivity contribution in [2.45, 2.75) is 0 Å². The Morgan fingerprint density at radius 3 is 2.79 bits per heavy atom. The molecule has 1 heterocycles. The number of halogens is 1. The average molecular weight is 262 g/mol. The minimum atomic E-state index is -0.638. The highest BCUT2D eigenvalue weighted by atomic mass is 19.1. The summed E-state index contributed by atoms with van der Waals surface area (Å²) >= 11 is 0. The minimum Gasteiger partial charge on any atom is -0.343 e. The van der Waals surface area contributed by atoms with E-state index in [-0.39, 0.29) is 12.1 Å². The third-order valence-electron chi connectivity index (χ3n) is 2.31. The molecule has 6 nitrogen and oxygen atoms in total. The number of aromatic nitrogens is 2. The standard InChI is InChI=1S/C12H11FN4O2/c13-10-4-2-1-3-9(10)12(19)14-7-11(18)17-8-5-15-16-6-8/h1-6H,7H2,(H,14,19)(H,15,16)(H,17,18). The molecule has 0 radical (unpaired) electrons. The SMILES string of the molecule is O=C(CNC(=O)c1ccccc1F)Nc1cn[nH]c1. The number of rotatable bonds is 4. The quantitative estimate of drug-likeness (QED) is 0.765. The van der Waals surface area contributed by atoms with E-state index in [0.717, 1.165) is 0 Å². The number of H-pyrrole nitrogens is 1. The molecule has 0 saturated heterocycles. The monoisotopic (exact) mass is 262 g/mol. The van der Waals surface area contributed by atoms with Gasteiger partial charge in [0.2, 0.25) is 5.91 Å². The number of amides is 2. The Bertz CT molecular complexity index is 583. The highest BCUT2D eigenvalue weighted by Gasteiger charge is 2.12. The highest BCUT2D eigenvalue weighted by molar-refractivity contribution is 5.99. The van der Waals surface area contributed by atoms with Gasteiger partial charge in [-0.05, 0) is 12.1 Å². The maximum atomic E-state index is 13.3. The fourth-order valence-electron chi connectivity index (χ4n) is 1.43. The van der Waals surface area contributed by atoms with Crippen molar-refractivity contribution in [1.82, 2.24) is 15.5 Å². The summed E-state index contributed by atoms with van der Waals surface area (Å²) in [5, 5.41) is 11.0. The van der Waals surface area contributed by atoms with Crippen LogP contribution in [0.15, 0.2) is 36.7 Å². The Kier molecular flexibility index (Phi) is 3.87. The van der Waals surface area contributed by atoms with E-state index in [1.54, 1.807) is 6.07 Å². The molecule has 0 aliphatic rings. The third-order valence-corrected chi connectivity index (χ3v) is 2.31. The van der Waals surface area contributed by atoms with Gasteiger partial charge in [-0.2, -0.15) is 5.10 Å². The van der Waals surface area contributed by atoms with Gasteiger partial charge in [0.25, 0.3) is 5.91 Å². The van der Waals surface area contributed by atoms with Crippen LogP contribution in [0.2, 0.25) is 0 Å². The normalized spacial score (nSPS) is 9.95. The number of carbonyl (C=O) groups is 2. The van der Waals surface area contributed by atoms with E-state index in [4.69, 9.17) is 0 Å². The second-order valence-electron chi connectivity index (χ2n) is 3.70. The molecule has 2 rings (SSSR count). The van der Waals surface area contributed by atoms with Crippen LogP contribution < -0.4 is 10.6 Å².